The van der Waals surface area contributed by atoms with Crippen molar-refractivity contribution in [2.24, 2.45) is 22.7 Å². The number of aliphatic hydroxyl groups excluding tert-OH is 1. The molecular weight excluding hydrogens is 430 g/mol. The van der Waals surface area contributed by atoms with Gasteiger partial charge in [-0.1, -0.05) is 13.0 Å². The van der Waals surface area contributed by atoms with E-state index < -0.39 is 51.5 Å². The number of aromatic hydroxyl groups is 2. The first-order valence-corrected chi connectivity index (χ1v) is 11.1. The Bertz CT molecular complexity index is 1110. The summed E-state index contributed by atoms with van der Waals surface area (Å²) in [5.74, 6) is -3.57. The van der Waals surface area contributed by atoms with Crippen LogP contribution in [0.4, 0.5) is 5.69 Å². The highest BCUT2D eigenvalue weighted by molar-refractivity contribution is 6.00. The molecule has 1 amide bonds. The van der Waals surface area contributed by atoms with Crippen molar-refractivity contribution in [3.63, 3.8) is 0 Å². The number of rotatable bonds is 5. The van der Waals surface area contributed by atoms with Crippen molar-refractivity contribution in [1.82, 2.24) is 0 Å². The summed E-state index contributed by atoms with van der Waals surface area (Å²) in [6.07, 6.45) is 3.95. The molecule has 7 atom stereocenters. The number of phenols is 2. The summed E-state index contributed by atoms with van der Waals surface area (Å²) in [5.41, 5.74) is -2.76. The number of carboxylic acid groups (broad SMARTS) is 1. The summed E-state index contributed by atoms with van der Waals surface area (Å²) < 4.78 is 6.32. The number of carbonyl (C=O) groups is 3. The maximum atomic E-state index is 13.1. The molecule has 0 radical (unpaired) electrons. The minimum atomic E-state index is -1.40. The average Bonchev–Trinajstić information content (AvgIpc) is 3.09. The monoisotopic (exact) mass is 457 g/mol. The molecule has 2 heterocycles. The van der Waals surface area contributed by atoms with Crippen molar-refractivity contribution in [3.8, 4) is 11.5 Å². The van der Waals surface area contributed by atoms with Crippen molar-refractivity contribution < 1.29 is 39.5 Å². The van der Waals surface area contributed by atoms with Crippen LogP contribution >= 0.6 is 0 Å². The van der Waals surface area contributed by atoms with Crippen molar-refractivity contribution >= 4 is 23.3 Å². The number of aliphatic hydroxyl groups is 1. The van der Waals surface area contributed by atoms with Gasteiger partial charge >= 0.3 is 5.97 Å². The van der Waals surface area contributed by atoms with Crippen molar-refractivity contribution in [1.29, 1.82) is 0 Å². The molecule has 1 aromatic carbocycles. The van der Waals surface area contributed by atoms with Crippen molar-refractivity contribution in [2.45, 2.75) is 57.3 Å². The van der Waals surface area contributed by atoms with E-state index in [4.69, 9.17) is 9.84 Å². The average molecular weight is 457 g/mol. The maximum absolute atomic E-state index is 13.1. The van der Waals surface area contributed by atoms with Gasteiger partial charge in [0.2, 0.25) is 5.91 Å². The Hall–Kier alpha value is -2.91. The molecule has 5 N–H and O–H groups in total. The van der Waals surface area contributed by atoms with Crippen LogP contribution in [-0.4, -0.2) is 55.9 Å². The number of aromatic carboxylic acids is 1. The standard InChI is InChI=1S/C24H27NO8/c1-22(7-6-16(28)25-17-13(26)4-3-11(18(17)29)21(31)32)15(27)5-8-24-10-23(2)12(20(24)30)9-14(33-23)19(22)24/h3-5,8,12,14,19-20,26,29-30H,6-7,9-10H2,1-2H3,(H,25,28)(H,31,32)/t12-,14+,19+,20-,22-,23+,24+/m1/s1. The number of hydrogen-bond acceptors (Lipinski definition) is 7. The zero-order valence-corrected chi connectivity index (χ0v) is 18.4. The first-order valence-electron chi connectivity index (χ1n) is 11.1. The normalized spacial score (nSPS) is 40.2. The molecule has 6 rings (SSSR count). The van der Waals surface area contributed by atoms with Crippen LogP contribution in [0.2, 0.25) is 0 Å². The predicted octanol–water partition coefficient (Wildman–Crippen LogP) is 2.20. The molecule has 2 aliphatic heterocycles. The molecule has 2 saturated carbocycles. The Balaban J connectivity index is 1.38. The lowest BCUT2D eigenvalue weighted by atomic mass is 9.50. The topological polar surface area (TPSA) is 153 Å². The van der Waals surface area contributed by atoms with Crippen LogP contribution in [0, 0.1) is 22.7 Å². The van der Waals surface area contributed by atoms with Crippen LogP contribution in [0.3, 0.4) is 0 Å². The number of ketones is 1. The molecule has 4 fully saturated rings. The van der Waals surface area contributed by atoms with Gasteiger partial charge in [-0.25, -0.2) is 4.79 Å². The second-order valence-electron chi connectivity index (χ2n) is 10.3. The Morgan fingerprint density at radius 1 is 1.24 bits per heavy atom. The first kappa shape index (κ1) is 21.9. The van der Waals surface area contributed by atoms with E-state index >= 15 is 0 Å². The molecule has 1 aromatic rings. The highest BCUT2D eigenvalue weighted by Crippen LogP contribution is 2.71. The van der Waals surface area contributed by atoms with E-state index in [1.165, 1.54) is 6.08 Å². The second kappa shape index (κ2) is 6.80. The zero-order chi connectivity index (χ0) is 23.9. The van der Waals surface area contributed by atoms with E-state index in [0.29, 0.717) is 12.8 Å². The van der Waals surface area contributed by atoms with Crippen LogP contribution in [0.1, 0.15) is 49.9 Å². The van der Waals surface area contributed by atoms with Gasteiger partial charge in [-0.3, -0.25) is 9.59 Å². The zero-order valence-electron chi connectivity index (χ0n) is 18.4. The van der Waals surface area contributed by atoms with Crippen molar-refractivity contribution in [3.05, 3.63) is 29.8 Å². The lowest BCUT2D eigenvalue weighted by molar-refractivity contribution is -0.179. The summed E-state index contributed by atoms with van der Waals surface area (Å²) in [5, 5.41) is 42.8. The van der Waals surface area contributed by atoms with E-state index in [-0.39, 0.29) is 42.3 Å². The highest BCUT2D eigenvalue weighted by Gasteiger charge is 2.75. The molecule has 9 heteroatoms. The van der Waals surface area contributed by atoms with E-state index in [2.05, 4.69) is 5.32 Å². The Labute approximate surface area is 190 Å². The van der Waals surface area contributed by atoms with Gasteiger partial charge in [-0.05, 0) is 44.4 Å². The fourth-order valence-corrected chi connectivity index (χ4v) is 7.12. The third kappa shape index (κ3) is 2.81. The number of allylic oxidation sites excluding steroid dienone is 1. The molecule has 0 unspecified atom stereocenters. The SMILES string of the molecule is C[C@]12C[C@@]34C=CC(=O)[C@@](C)(CCC(=O)Nc5c(O)ccc(C(=O)O)c5O)[C@@H]3[C@H](C[C@@H]1[C@H]4O)O2. The van der Waals surface area contributed by atoms with Crippen LogP contribution in [0.5, 0.6) is 11.5 Å². The highest BCUT2D eigenvalue weighted by atomic mass is 16.5. The third-order valence-electron chi connectivity index (χ3n) is 8.55. The number of phenolic OH excluding ortho intramolecular Hbond substituents is 1. The number of nitrogens with one attached hydrogen (secondary N) is 1. The molecule has 9 nitrogen and oxygen atoms in total. The van der Waals surface area contributed by atoms with Crippen LogP contribution < -0.4 is 5.32 Å². The summed E-state index contributed by atoms with van der Waals surface area (Å²) in [6.45, 7) is 3.83. The van der Waals surface area contributed by atoms with Gasteiger partial charge in [0.25, 0.3) is 0 Å². The number of carbonyl (C=O) groups excluding carboxylic acids is 2. The minimum absolute atomic E-state index is 0.0246. The molecule has 33 heavy (non-hydrogen) atoms. The van der Waals surface area contributed by atoms with Gasteiger partial charge < -0.3 is 30.5 Å². The number of amides is 1. The predicted molar refractivity (Wildman–Crippen MR) is 115 cm³/mol. The van der Waals surface area contributed by atoms with E-state index in [0.717, 1.165) is 12.1 Å². The number of benzene rings is 1. The van der Waals surface area contributed by atoms with Gasteiger partial charge in [-0.15, -0.1) is 0 Å². The fraction of sp³-hybridized carbons (Fsp3) is 0.542. The fourth-order valence-electron chi connectivity index (χ4n) is 7.12. The molecule has 3 aliphatic carbocycles. The third-order valence-corrected chi connectivity index (χ3v) is 8.55. The minimum Gasteiger partial charge on any atom is -0.506 e. The number of anilines is 1. The Morgan fingerprint density at radius 2 is 1.97 bits per heavy atom. The van der Waals surface area contributed by atoms with Gasteiger partial charge in [0, 0.05) is 29.1 Å². The Kier molecular flexibility index (Phi) is 4.52. The number of ether oxygens (including phenoxy) is 1. The van der Waals surface area contributed by atoms with E-state index in [1.807, 2.05) is 19.9 Å². The van der Waals surface area contributed by atoms with Gasteiger partial charge in [-0.2, -0.15) is 0 Å². The molecule has 0 aromatic heterocycles. The molecular formula is C24H27NO8. The van der Waals surface area contributed by atoms with Gasteiger partial charge in [0.05, 0.1) is 17.8 Å². The van der Waals surface area contributed by atoms with Crippen molar-refractivity contribution in [2.75, 3.05) is 5.32 Å². The molecule has 4 bridgehead atoms. The number of carboxylic acids is 1. The number of hydrogen-bond donors (Lipinski definition) is 5. The lowest BCUT2D eigenvalue weighted by Gasteiger charge is -2.56. The first-order chi connectivity index (χ1) is 15.4. The maximum Gasteiger partial charge on any atom is 0.339 e. The molecule has 176 valence electrons. The summed E-state index contributed by atoms with van der Waals surface area (Å²) >= 11 is 0. The second-order valence-corrected chi connectivity index (χ2v) is 10.3. The van der Waals surface area contributed by atoms with Gasteiger partial charge in [0.15, 0.2) is 11.5 Å². The summed E-state index contributed by atoms with van der Waals surface area (Å²) in [6, 6.07) is 2.11. The van der Waals surface area contributed by atoms with Crippen LogP contribution in [-0.2, 0) is 14.3 Å². The van der Waals surface area contributed by atoms with Crippen LogP contribution in [0.15, 0.2) is 24.3 Å². The quantitative estimate of drug-likeness (QED) is 0.422. The smallest absolute Gasteiger partial charge is 0.339 e. The van der Waals surface area contributed by atoms with E-state index in [9.17, 15) is 29.7 Å². The largest absolute Gasteiger partial charge is 0.506 e. The van der Waals surface area contributed by atoms with E-state index in [1.54, 1.807) is 0 Å². The summed E-state index contributed by atoms with van der Waals surface area (Å²) in [4.78, 5) is 37.0. The lowest BCUT2D eigenvalue weighted by Crippen LogP contribution is -2.60. The molecule has 1 spiro atoms. The van der Waals surface area contributed by atoms with Crippen LogP contribution in [0.25, 0.3) is 0 Å². The van der Waals surface area contributed by atoms with Gasteiger partial charge in [0.1, 0.15) is 17.0 Å². The molecule has 2 saturated heterocycles. The summed E-state index contributed by atoms with van der Waals surface area (Å²) in [7, 11) is 0. The molecule has 5 aliphatic rings. The Morgan fingerprint density at radius 3 is 2.64 bits per heavy atom.